The van der Waals surface area contributed by atoms with Crippen molar-refractivity contribution in [1.82, 2.24) is 20.0 Å². The zero-order chi connectivity index (χ0) is 17.5. The van der Waals surface area contributed by atoms with Crippen LogP contribution in [0.25, 0.3) is 0 Å². The van der Waals surface area contributed by atoms with Crippen LogP contribution in [-0.4, -0.2) is 20.0 Å². The molecular formula is C17H34N4O. The predicted molar refractivity (Wildman–Crippen MR) is 92.9 cm³/mol. The molecule has 2 rings (SSSR count). The molecule has 0 aliphatic rings. The van der Waals surface area contributed by atoms with E-state index in [0.717, 1.165) is 12.5 Å². The van der Waals surface area contributed by atoms with Crippen LogP contribution < -0.4 is 0 Å². The zero-order valence-corrected chi connectivity index (χ0v) is 15.8. The molecule has 2 heterocycles. The van der Waals surface area contributed by atoms with E-state index in [0.29, 0.717) is 11.8 Å². The lowest BCUT2D eigenvalue weighted by atomic mass is 10.1. The minimum absolute atomic E-state index is 0.623. The first-order chi connectivity index (χ1) is 10.5. The number of hydrogen-bond donors (Lipinski definition) is 0. The minimum Gasteiger partial charge on any atom is -0.426 e. The van der Waals surface area contributed by atoms with Crippen LogP contribution in [0.1, 0.15) is 65.3 Å². The first-order valence-corrected chi connectivity index (χ1v) is 8.23. The molecule has 0 fully saturated rings. The summed E-state index contributed by atoms with van der Waals surface area (Å²) in [5.41, 5.74) is 1.24. The van der Waals surface area contributed by atoms with Crippen molar-refractivity contribution in [3.05, 3.63) is 29.7 Å². The quantitative estimate of drug-likeness (QED) is 0.802. The topological polar surface area (TPSA) is 56.7 Å². The molecular weight excluding hydrogens is 276 g/mol. The Balaban J connectivity index is 0. The zero-order valence-electron chi connectivity index (χ0n) is 15.8. The fourth-order valence-electron chi connectivity index (χ4n) is 1.38. The van der Waals surface area contributed by atoms with Gasteiger partial charge in [0, 0.05) is 26.6 Å². The largest absolute Gasteiger partial charge is 0.426 e. The number of aryl methyl sites for hydroxylation is 4. The van der Waals surface area contributed by atoms with E-state index in [-0.39, 0.29) is 0 Å². The molecule has 0 saturated heterocycles. The third-order valence-electron chi connectivity index (χ3n) is 2.32. The highest BCUT2D eigenvalue weighted by molar-refractivity contribution is 4.99. The lowest BCUT2D eigenvalue weighted by molar-refractivity contribution is 0.487. The first-order valence-electron chi connectivity index (χ1n) is 8.23. The van der Waals surface area contributed by atoms with Crippen LogP contribution >= 0.6 is 0 Å². The fourth-order valence-corrected chi connectivity index (χ4v) is 1.38. The second-order valence-corrected chi connectivity index (χ2v) is 4.80. The van der Waals surface area contributed by atoms with Crippen LogP contribution in [0.4, 0.5) is 0 Å². The van der Waals surface area contributed by atoms with Gasteiger partial charge in [-0.15, -0.1) is 10.2 Å². The summed E-state index contributed by atoms with van der Waals surface area (Å²) in [4.78, 5) is 0. The normalized spacial score (nSPS) is 9.00. The van der Waals surface area contributed by atoms with Gasteiger partial charge in [-0.2, -0.15) is 5.10 Å². The Hall–Kier alpha value is -1.65. The molecule has 0 atom stereocenters. The van der Waals surface area contributed by atoms with Crippen molar-refractivity contribution in [2.45, 2.75) is 75.3 Å². The van der Waals surface area contributed by atoms with E-state index in [1.807, 2.05) is 38.6 Å². The van der Waals surface area contributed by atoms with Crippen LogP contribution in [0.15, 0.2) is 16.8 Å². The van der Waals surface area contributed by atoms with Gasteiger partial charge in [0.25, 0.3) is 0 Å². The Kier molecular flexibility index (Phi) is 14.7. The minimum atomic E-state index is 0.623. The van der Waals surface area contributed by atoms with E-state index >= 15 is 0 Å². The van der Waals surface area contributed by atoms with Gasteiger partial charge >= 0.3 is 0 Å². The van der Waals surface area contributed by atoms with Crippen molar-refractivity contribution in [1.29, 1.82) is 0 Å². The summed E-state index contributed by atoms with van der Waals surface area (Å²) >= 11 is 0. The van der Waals surface area contributed by atoms with Gasteiger partial charge in [0.2, 0.25) is 11.8 Å². The number of nitrogens with zero attached hydrogens (tertiary/aromatic N) is 4. The average molecular weight is 310 g/mol. The predicted octanol–water partition coefficient (Wildman–Crippen LogP) is 4.98. The van der Waals surface area contributed by atoms with Gasteiger partial charge in [-0.25, -0.2) is 0 Å². The molecule has 0 aliphatic carbocycles. The second kappa shape index (κ2) is 14.3. The van der Waals surface area contributed by atoms with E-state index in [4.69, 9.17) is 4.42 Å². The molecule has 22 heavy (non-hydrogen) atoms. The maximum atomic E-state index is 4.86. The Morgan fingerprint density at radius 3 is 1.77 bits per heavy atom. The lowest BCUT2D eigenvalue weighted by Crippen LogP contribution is -2.01. The van der Waals surface area contributed by atoms with Crippen LogP contribution in [0, 0.1) is 26.7 Å². The summed E-state index contributed by atoms with van der Waals surface area (Å²) in [6.07, 6.45) is 5.20. The molecule has 128 valence electrons. The summed E-state index contributed by atoms with van der Waals surface area (Å²) in [7, 11) is 0. The maximum Gasteiger partial charge on any atom is 0.213 e. The van der Waals surface area contributed by atoms with Gasteiger partial charge in [-0.1, -0.05) is 41.5 Å². The molecule has 2 aromatic rings. The molecule has 0 amide bonds. The van der Waals surface area contributed by atoms with Crippen LogP contribution in [0.2, 0.25) is 0 Å². The fraction of sp³-hybridized carbons (Fsp3) is 0.706. The van der Waals surface area contributed by atoms with Crippen LogP contribution in [0.3, 0.4) is 0 Å². The lowest BCUT2D eigenvalue weighted by Gasteiger charge is -2.03. The van der Waals surface area contributed by atoms with E-state index < -0.39 is 0 Å². The van der Waals surface area contributed by atoms with Gasteiger partial charge < -0.3 is 4.42 Å². The standard InChI is InChI=1S/C9H16N2.C4H6N2O.2C2H6/c1-8(2)4-5-11-7-9(3)6-10-11;1-3-5-6-4(2)7-3;2*1-2/h6-8H,4-5H2,1-3H3;1-2H3;2*1-2H3. The average Bonchev–Trinajstić information content (AvgIpc) is 3.10. The molecule has 0 radical (unpaired) electrons. The summed E-state index contributed by atoms with van der Waals surface area (Å²) in [6.45, 7) is 19.1. The van der Waals surface area contributed by atoms with Gasteiger partial charge in [-0.05, 0) is 24.8 Å². The highest BCUT2D eigenvalue weighted by Crippen LogP contribution is 2.02. The van der Waals surface area contributed by atoms with Gasteiger partial charge in [0.1, 0.15) is 0 Å². The monoisotopic (exact) mass is 310 g/mol. The Morgan fingerprint density at radius 2 is 1.50 bits per heavy atom. The van der Waals surface area contributed by atoms with E-state index in [1.54, 1.807) is 13.8 Å². The molecule has 5 heteroatoms. The third-order valence-corrected chi connectivity index (χ3v) is 2.32. The Bertz CT molecular complexity index is 444. The Labute approximate surface area is 136 Å². The molecule has 0 aliphatic heterocycles. The third kappa shape index (κ3) is 12.1. The maximum absolute atomic E-state index is 4.86. The number of aromatic nitrogens is 4. The van der Waals surface area contributed by atoms with Crippen molar-refractivity contribution in [2.75, 3.05) is 0 Å². The van der Waals surface area contributed by atoms with Crippen LogP contribution in [0.5, 0.6) is 0 Å². The SMILES string of the molecule is CC.CC.Cc1cnn(CCC(C)C)c1.Cc1nnc(C)o1. The van der Waals surface area contributed by atoms with Gasteiger partial charge in [-0.3, -0.25) is 4.68 Å². The van der Waals surface area contributed by atoms with Crippen molar-refractivity contribution >= 4 is 0 Å². The molecule has 0 unspecified atom stereocenters. The molecule has 2 aromatic heterocycles. The number of hydrogen-bond acceptors (Lipinski definition) is 4. The van der Waals surface area contributed by atoms with Crippen molar-refractivity contribution in [3.8, 4) is 0 Å². The summed E-state index contributed by atoms with van der Waals surface area (Å²) < 4.78 is 6.87. The molecule has 0 bridgehead atoms. The second-order valence-electron chi connectivity index (χ2n) is 4.80. The van der Waals surface area contributed by atoms with Crippen molar-refractivity contribution in [2.24, 2.45) is 5.92 Å². The first kappa shape index (κ1) is 22.6. The molecule has 5 nitrogen and oxygen atoms in total. The highest BCUT2D eigenvalue weighted by atomic mass is 16.4. The van der Waals surface area contributed by atoms with E-state index in [2.05, 4.69) is 42.3 Å². The smallest absolute Gasteiger partial charge is 0.213 e. The van der Waals surface area contributed by atoms with Crippen LogP contribution in [-0.2, 0) is 6.54 Å². The van der Waals surface area contributed by atoms with Gasteiger partial charge in [0.15, 0.2) is 0 Å². The summed E-state index contributed by atoms with van der Waals surface area (Å²) in [5, 5.41) is 11.4. The molecule has 0 saturated carbocycles. The van der Waals surface area contributed by atoms with Crippen molar-refractivity contribution < 1.29 is 4.42 Å². The summed E-state index contributed by atoms with van der Waals surface area (Å²) in [6, 6.07) is 0. The van der Waals surface area contributed by atoms with E-state index in [1.165, 1.54) is 12.0 Å². The Morgan fingerprint density at radius 1 is 1.00 bits per heavy atom. The molecule has 0 spiro atoms. The van der Waals surface area contributed by atoms with Crippen molar-refractivity contribution in [3.63, 3.8) is 0 Å². The molecule has 0 aromatic carbocycles. The summed E-state index contributed by atoms with van der Waals surface area (Å²) in [5.74, 6) is 2.01. The van der Waals surface area contributed by atoms with E-state index in [9.17, 15) is 0 Å². The number of rotatable bonds is 3. The highest BCUT2D eigenvalue weighted by Gasteiger charge is 1.96. The van der Waals surface area contributed by atoms with Gasteiger partial charge in [0.05, 0.1) is 6.20 Å². The molecule has 0 N–H and O–H groups in total.